The van der Waals surface area contributed by atoms with Crippen molar-refractivity contribution in [3.8, 4) is 0 Å². The summed E-state index contributed by atoms with van der Waals surface area (Å²) in [5.41, 5.74) is 8.02. The number of nitrogens with zero attached hydrogens (tertiary/aromatic N) is 2. The van der Waals surface area contributed by atoms with E-state index in [0.29, 0.717) is 24.3 Å². The van der Waals surface area contributed by atoms with Crippen LogP contribution < -0.4 is 11.1 Å². The number of anilines is 1. The van der Waals surface area contributed by atoms with Gasteiger partial charge >= 0.3 is 0 Å². The summed E-state index contributed by atoms with van der Waals surface area (Å²) in [5.74, 6) is 0.240. The third kappa shape index (κ3) is 3.78. The lowest BCUT2D eigenvalue weighted by Gasteiger charge is -2.07. The van der Waals surface area contributed by atoms with Gasteiger partial charge in [-0.05, 0) is 30.7 Å². The maximum atomic E-state index is 12.0. The molecule has 1 amide bonds. The molecule has 2 aromatic heterocycles. The smallest absolute Gasteiger partial charge is 0.251 e. The average Bonchev–Trinajstić information content (AvgIpc) is 2.47. The molecule has 0 aliphatic carbocycles. The van der Waals surface area contributed by atoms with Crippen molar-refractivity contribution in [3.63, 3.8) is 0 Å². The van der Waals surface area contributed by atoms with Crippen LogP contribution in [0.15, 0.2) is 36.5 Å². The number of carbonyl (C=O) groups excluding carboxylic acids is 1. The number of nitrogens with one attached hydrogen (secondary N) is 1. The Balaban J connectivity index is 1.93. The fraction of sp³-hybridized carbons (Fsp3) is 0.267. The first kappa shape index (κ1) is 14.0. The minimum absolute atomic E-state index is 0.135. The topological polar surface area (TPSA) is 80.9 Å². The third-order valence-corrected chi connectivity index (χ3v) is 2.92. The molecule has 0 aliphatic heterocycles. The van der Waals surface area contributed by atoms with Gasteiger partial charge in [-0.15, -0.1) is 0 Å². The Labute approximate surface area is 118 Å². The van der Waals surface area contributed by atoms with Gasteiger partial charge < -0.3 is 11.1 Å². The van der Waals surface area contributed by atoms with Gasteiger partial charge in [0.1, 0.15) is 5.82 Å². The van der Waals surface area contributed by atoms with Gasteiger partial charge in [0.2, 0.25) is 0 Å². The Morgan fingerprint density at radius 3 is 2.85 bits per heavy atom. The summed E-state index contributed by atoms with van der Waals surface area (Å²) in [6.07, 6.45) is 3.20. The monoisotopic (exact) mass is 270 g/mol. The molecule has 0 aromatic carbocycles. The van der Waals surface area contributed by atoms with Crippen LogP contribution in [0.25, 0.3) is 0 Å². The zero-order valence-electron chi connectivity index (χ0n) is 11.5. The first-order valence-electron chi connectivity index (χ1n) is 6.63. The van der Waals surface area contributed by atoms with Gasteiger partial charge in [0, 0.05) is 36.1 Å². The Morgan fingerprint density at radius 1 is 1.30 bits per heavy atom. The molecule has 0 fully saturated rings. The minimum Gasteiger partial charge on any atom is -0.384 e. The highest BCUT2D eigenvalue weighted by molar-refractivity contribution is 5.94. The summed E-state index contributed by atoms with van der Waals surface area (Å²) in [7, 11) is 0. The molecule has 0 spiro atoms. The summed E-state index contributed by atoms with van der Waals surface area (Å²) in [6.45, 7) is 2.52. The van der Waals surface area contributed by atoms with Crippen LogP contribution in [-0.4, -0.2) is 22.4 Å². The van der Waals surface area contributed by atoms with E-state index in [1.54, 1.807) is 18.3 Å². The molecule has 104 valence electrons. The predicted molar refractivity (Wildman–Crippen MR) is 78.3 cm³/mol. The van der Waals surface area contributed by atoms with E-state index in [1.807, 2.05) is 25.1 Å². The van der Waals surface area contributed by atoms with Crippen LogP contribution in [-0.2, 0) is 12.8 Å². The Hall–Kier alpha value is -2.43. The molecular weight excluding hydrogens is 252 g/mol. The number of nitrogens with two attached hydrogens (primary N) is 1. The molecule has 2 rings (SSSR count). The molecule has 0 bridgehead atoms. The normalized spacial score (nSPS) is 10.2. The van der Waals surface area contributed by atoms with E-state index < -0.39 is 0 Å². The standard InChI is InChI=1S/C15H18N4O/c1-2-12-9-11(10-14(16)19-12)15(20)18-8-6-13-5-3-4-7-17-13/h3-5,7,9-10H,2,6,8H2,1H3,(H2,16,19)(H,18,20). The van der Waals surface area contributed by atoms with Crippen molar-refractivity contribution < 1.29 is 4.79 Å². The molecule has 0 aliphatic rings. The predicted octanol–water partition coefficient (Wildman–Crippen LogP) is 1.59. The fourth-order valence-electron chi connectivity index (χ4n) is 1.88. The second-order valence-electron chi connectivity index (χ2n) is 4.45. The van der Waals surface area contributed by atoms with E-state index in [2.05, 4.69) is 15.3 Å². The summed E-state index contributed by atoms with van der Waals surface area (Å²) in [4.78, 5) is 20.4. The summed E-state index contributed by atoms with van der Waals surface area (Å²) in [6, 6.07) is 9.10. The Bertz CT molecular complexity index is 584. The highest BCUT2D eigenvalue weighted by atomic mass is 16.1. The summed E-state index contributed by atoms with van der Waals surface area (Å²) >= 11 is 0. The number of amides is 1. The molecule has 5 heteroatoms. The number of nitrogen functional groups attached to an aromatic ring is 1. The number of carbonyl (C=O) groups is 1. The number of aryl methyl sites for hydroxylation is 1. The van der Waals surface area contributed by atoms with Crippen molar-refractivity contribution >= 4 is 11.7 Å². The van der Waals surface area contributed by atoms with Gasteiger partial charge in [-0.25, -0.2) is 4.98 Å². The quantitative estimate of drug-likeness (QED) is 0.864. The van der Waals surface area contributed by atoms with E-state index in [-0.39, 0.29) is 5.91 Å². The first-order valence-corrected chi connectivity index (χ1v) is 6.63. The van der Waals surface area contributed by atoms with Crippen LogP contribution >= 0.6 is 0 Å². The molecule has 0 atom stereocenters. The van der Waals surface area contributed by atoms with Gasteiger partial charge in [0.05, 0.1) is 0 Å². The van der Waals surface area contributed by atoms with E-state index in [0.717, 1.165) is 17.8 Å². The van der Waals surface area contributed by atoms with Gasteiger partial charge in [-0.1, -0.05) is 13.0 Å². The minimum atomic E-state index is -0.135. The third-order valence-electron chi connectivity index (χ3n) is 2.92. The van der Waals surface area contributed by atoms with E-state index in [4.69, 9.17) is 5.73 Å². The Morgan fingerprint density at radius 2 is 2.15 bits per heavy atom. The Kier molecular flexibility index (Phi) is 4.65. The van der Waals surface area contributed by atoms with E-state index in [9.17, 15) is 4.79 Å². The van der Waals surface area contributed by atoms with E-state index >= 15 is 0 Å². The van der Waals surface area contributed by atoms with Crippen LogP contribution in [0.2, 0.25) is 0 Å². The summed E-state index contributed by atoms with van der Waals surface area (Å²) < 4.78 is 0. The highest BCUT2D eigenvalue weighted by Crippen LogP contribution is 2.08. The highest BCUT2D eigenvalue weighted by Gasteiger charge is 2.08. The fourth-order valence-corrected chi connectivity index (χ4v) is 1.88. The molecule has 0 saturated carbocycles. The molecule has 5 nitrogen and oxygen atoms in total. The van der Waals surface area contributed by atoms with Gasteiger partial charge in [-0.3, -0.25) is 9.78 Å². The van der Waals surface area contributed by atoms with Crippen molar-refractivity contribution in [1.29, 1.82) is 0 Å². The second-order valence-corrected chi connectivity index (χ2v) is 4.45. The lowest BCUT2D eigenvalue weighted by atomic mass is 10.2. The molecule has 0 unspecified atom stereocenters. The molecule has 0 saturated heterocycles. The zero-order valence-corrected chi connectivity index (χ0v) is 11.5. The van der Waals surface area contributed by atoms with Crippen molar-refractivity contribution in [2.75, 3.05) is 12.3 Å². The maximum Gasteiger partial charge on any atom is 0.251 e. The number of aromatic nitrogens is 2. The van der Waals surface area contributed by atoms with Crippen molar-refractivity contribution in [1.82, 2.24) is 15.3 Å². The molecule has 3 N–H and O–H groups in total. The van der Waals surface area contributed by atoms with Gasteiger partial charge in [0.25, 0.3) is 5.91 Å². The second kappa shape index (κ2) is 6.65. The van der Waals surface area contributed by atoms with Gasteiger partial charge in [-0.2, -0.15) is 0 Å². The number of pyridine rings is 2. The van der Waals surface area contributed by atoms with Crippen LogP contribution in [0.3, 0.4) is 0 Å². The first-order chi connectivity index (χ1) is 9.69. The lowest BCUT2D eigenvalue weighted by molar-refractivity contribution is 0.0954. The zero-order chi connectivity index (χ0) is 14.4. The molecule has 2 heterocycles. The summed E-state index contributed by atoms with van der Waals surface area (Å²) in [5, 5.41) is 2.86. The van der Waals surface area contributed by atoms with Crippen molar-refractivity contribution in [3.05, 3.63) is 53.5 Å². The van der Waals surface area contributed by atoms with Crippen molar-refractivity contribution in [2.24, 2.45) is 0 Å². The average molecular weight is 270 g/mol. The number of hydrogen-bond donors (Lipinski definition) is 2. The number of hydrogen-bond acceptors (Lipinski definition) is 4. The van der Waals surface area contributed by atoms with Crippen LogP contribution in [0.1, 0.15) is 28.7 Å². The van der Waals surface area contributed by atoms with Crippen molar-refractivity contribution in [2.45, 2.75) is 19.8 Å². The maximum absolute atomic E-state index is 12.0. The molecule has 2 aromatic rings. The van der Waals surface area contributed by atoms with Crippen LogP contribution in [0, 0.1) is 0 Å². The van der Waals surface area contributed by atoms with E-state index in [1.165, 1.54) is 0 Å². The van der Waals surface area contributed by atoms with Gasteiger partial charge in [0.15, 0.2) is 0 Å². The van der Waals surface area contributed by atoms with Crippen LogP contribution in [0.5, 0.6) is 0 Å². The molecule has 20 heavy (non-hydrogen) atoms. The van der Waals surface area contributed by atoms with Crippen LogP contribution in [0.4, 0.5) is 5.82 Å². The SMILES string of the molecule is CCc1cc(C(=O)NCCc2ccccn2)cc(N)n1. The molecule has 0 radical (unpaired) electrons. The molecular formula is C15H18N4O. The number of rotatable bonds is 5. The lowest BCUT2D eigenvalue weighted by Crippen LogP contribution is -2.26. The largest absolute Gasteiger partial charge is 0.384 e.